The van der Waals surface area contributed by atoms with E-state index in [-0.39, 0.29) is 23.5 Å². The van der Waals surface area contributed by atoms with Crippen molar-refractivity contribution in [2.75, 3.05) is 10.6 Å². The molecule has 2 aliphatic heterocycles. The molecule has 12 nitrogen and oxygen atoms in total. The van der Waals surface area contributed by atoms with E-state index in [0.717, 1.165) is 24.4 Å². The number of amides is 4. The van der Waals surface area contributed by atoms with Gasteiger partial charge in [0, 0.05) is 23.1 Å². The number of urea groups is 1. The summed E-state index contributed by atoms with van der Waals surface area (Å²) >= 11 is 2.68. The van der Waals surface area contributed by atoms with Crippen molar-refractivity contribution in [3.8, 4) is 0 Å². The van der Waals surface area contributed by atoms with Crippen LogP contribution >= 0.6 is 23.1 Å². The number of hydrogen-bond donors (Lipinski definition) is 5. The van der Waals surface area contributed by atoms with E-state index in [1.165, 1.54) is 23.1 Å². The first-order chi connectivity index (χ1) is 17.5. The number of allylic oxidation sites excluding steroid dienone is 1. The highest BCUT2D eigenvalue weighted by molar-refractivity contribution is 8.04. The highest BCUT2D eigenvalue weighted by atomic mass is 32.2. The number of nitrogens with one attached hydrogen (secondary N) is 4. The zero-order chi connectivity index (χ0) is 24.8. The molecule has 1 saturated heterocycles. The van der Waals surface area contributed by atoms with E-state index in [2.05, 4.69) is 31.3 Å². The Hall–Kier alpha value is -3.75. The third-order valence-corrected chi connectivity index (χ3v) is 7.87. The molecular formula is C22H20N8O4S2. The molecule has 3 aromatic rings. The van der Waals surface area contributed by atoms with Crippen LogP contribution in [0.2, 0.25) is 0 Å². The molecular weight excluding hydrogens is 504 g/mol. The number of aliphatic hydroxyl groups is 1. The first kappa shape index (κ1) is 22.7. The quantitative estimate of drug-likeness (QED) is 0.230. The van der Waals surface area contributed by atoms with Crippen LogP contribution in [-0.2, 0) is 16.2 Å². The third-order valence-electron chi connectivity index (χ3n) is 5.74. The van der Waals surface area contributed by atoms with Crippen molar-refractivity contribution in [3.05, 3.63) is 51.3 Å². The van der Waals surface area contributed by atoms with Gasteiger partial charge in [0.25, 0.3) is 11.8 Å². The van der Waals surface area contributed by atoms with Crippen LogP contribution in [0.5, 0.6) is 0 Å². The zero-order valence-corrected chi connectivity index (χ0v) is 20.3. The fraction of sp³-hybridized carbons (Fsp3) is 0.273. The second-order valence-electron chi connectivity index (χ2n) is 8.45. The molecule has 1 unspecified atom stereocenters. The molecule has 3 aromatic heterocycles. The smallest absolute Gasteiger partial charge is 0.326 e. The lowest BCUT2D eigenvalue weighted by Crippen LogP contribution is -2.22. The molecule has 6 rings (SSSR count). The molecule has 3 aliphatic rings. The summed E-state index contributed by atoms with van der Waals surface area (Å²) in [6.45, 7) is -0.179. The number of hydrogen-bond acceptors (Lipinski definition) is 10. The van der Waals surface area contributed by atoms with Crippen LogP contribution in [0.4, 0.5) is 15.7 Å². The Morgan fingerprint density at radius 2 is 2.14 bits per heavy atom. The molecule has 5 N–H and O–H groups in total. The fourth-order valence-corrected chi connectivity index (χ4v) is 5.62. The molecule has 0 radical (unpaired) electrons. The van der Waals surface area contributed by atoms with Crippen molar-refractivity contribution < 1.29 is 19.5 Å². The van der Waals surface area contributed by atoms with Gasteiger partial charge in [0.1, 0.15) is 11.5 Å². The van der Waals surface area contributed by atoms with Crippen molar-refractivity contribution in [1.82, 2.24) is 30.2 Å². The van der Waals surface area contributed by atoms with Crippen molar-refractivity contribution in [3.63, 3.8) is 0 Å². The van der Waals surface area contributed by atoms with Crippen molar-refractivity contribution in [2.24, 2.45) is 0 Å². The lowest BCUT2D eigenvalue weighted by molar-refractivity contribution is -0.115. The summed E-state index contributed by atoms with van der Waals surface area (Å²) in [5, 5.41) is 26.6. The maximum atomic E-state index is 12.8. The van der Waals surface area contributed by atoms with Gasteiger partial charge in [-0.05, 0) is 25.3 Å². The number of anilines is 2. The predicted octanol–water partition coefficient (Wildman–Crippen LogP) is 2.13. The van der Waals surface area contributed by atoms with E-state index in [4.69, 9.17) is 4.98 Å². The summed E-state index contributed by atoms with van der Waals surface area (Å²) in [5.41, 5.74) is 2.53. The molecule has 5 heterocycles. The third kappa shape index (κ3) is 4.45. The van der Waals surface area contributed by atoms with Crippen molar-refractivity contribution >= 4 is 63.6 Å². The van der Waals surface area contributed by atoms with Crippen LogP contribution in [0.25, 0.3) is 11.7 Å². The molecule has 0 bridgehead atoms. The minimum atomic E-state index is -0.572. The van der Waals surface area contributed by atoms with Gasteiger partial charge in [-0.3, -0.25) is 20.2 Å². The van der Waals surface area contributed by atoms with Gasteiger partial charge in [0.05, 0.1) is 34.3 Å². The molecule has 1 atom stereocenters. The Morgan fingerprint density at radius 1 is 1.28 bits per heavy atom. The average Bonchev–Trinajstić information content (AvgIpc) is 3.24. The normalized spacial score (nSPS) is 20.5. The Morgan fingerprint density at radius 3 is 2.86 bits per heavy atom. The SMILES string of the molecule is O=C1NC(=O)/C(=C/c2cnn3c(NC4CC4)cc(C4CC=C(C(=O)Nc5nc(CO)cs5)S4)nc23)N1. The number of carbonyl (C=O) groups is 3. The van der Waals surface area contributed by atoms with Crippen LogP contribution in [0, 0.1) is 0 Å². The Kier molecular flexibility index (Phi) is 5.70. The van der Waals surface area contributed by atoms with E-state index < -0.39 is 11.9 Å². The summed E-state index contributed by atoms with van der Waals surface area (Å²) in [7, 11) is 0. The Bertz CT molecular complexity index is 1470. The van der Waals surface area contributed by atoms with E-state index in [9.17, 15) is 19.5 Å². The van der Waals surface area contributed by atoms with Crippen LogP contribution in [0.15, 0.2) is 34.3 Å². The summed E-state index contributed by atoms with van der Waals surface area (Å²) in [6, 6.07) is 1.74. The first-order valence-corrected chi connectivity index (χ1v) is 13.0. The van der Waals surface area contributed by atoms with E-state index in [1.807, 2.05) is 12.1 Å². The minimum absolute atomic E-state index is 0.0929. The highest BCUT2D eigenvalue weighted by Crippen LogP contribution is 2.44. The van der Waals surface area contributed by atoms with Gasteiger partial charge in [-0.25, -0.2) is 14.8 Å². The van der Waals surface area contributed by atoms with Crippen LogP contribution in [0.3, 0.4) is 0 Å². The molecule has 2 fully saturated rings. The molecule has 14 heteroatoms. The fourth-order valence-electron chi connectivity index (χ4n) is 3.83. The number of thioether (sulfide) groups is 1. The topological polar surface area (TPSA) is 163 Å². The van der Waals surface area contributed by atoms with Crippen molar-refractivity contribution in [1.29, 1.82) is 0 Å². The summed E-state index contributed by atoms with van der Waals surface area (Å²) in [6.07, 6.45) is 7.78. The zero-order valence-electron chi connectivity index (χ0n) is 18.6. The highest BCUT2D eigenvalue weighted by Gasteiger charge is 2.29. The van der Waals surface area contributed by atoms with Crippen LogP contribution in [-0.4, -0.2) is 48.6 Å². The van der Waals surface area contributed by atoms with Gasteiger partial charge in [0.2, 0.25) is 0 Å². The number of thiazole rings is 1. The standard InChI is InChI=1S/C22H20N8O4S2/c31-8-12-9-35-22(25-12)29-20(33)16-4-3-15(36-16)13-6-17(24-11-1-2-11)30-18(26-13)10(7-23-30)5-14-19(32)28-21(34)27-14/h4-7,9,11,15,24,31H,1-3,8H2,(H,25,29,33)(H2,27,28,32,34)/b14-5-. The number of imide groups is 1. The lowest BCUT2D eigenvalue weighted by Gasteiger charge is -2.14. The maximum Gasteiger partial charge on any atom is 0.326 e. The molecule has 1 saturated carbocycles. The molecule has 0 spiro atoms. The van der Waals surface area contributed by atoms with Gasteiger partial charge < -0.3 is 15.7 Å². The molecule has 36 heavy (non-hydrogen) atoms. The first-order valence-electron chi connectivity index (χ1n) is 11.2. The Labute approximate surface area is 212 Å². The summed E-state index contributed by atoms with van der Waals surface area (Å²) in [4.78, 5) is 45.8. The van der Waals surface area contributed by atoms with Crippen LogP contribution in [0.1, 0.15) is 41.5 Å². The number of nitrogens with zero attached hydrogens (tertiary/aromatic N) is 4. The number of aliphatic hydroxyl groups excluding tert-OH is 1. The van der Waals surface area contributed by atoms with Gasteiger partial charge in [-0.1, -0.05) is 6.08 Å². The largest absolute Gasteiger partial charge is 0.390 e. The van der Waals surface area contributed by atoms with E-state index in [1.54, 1.807) is 22.2 Å². The second-order valence-corrected chi connectivity index (χ2v) is 10.6. The van der Waals surface area contributed by atoms with Gasteiger partial charge in [-0.2, -0.15) is 9.61 Å². The summed E-state index contributed by atoms with van der Waals surface area (Å²) in [5.74, 6) is 0.0146. The van der Waals surface area contributed by atoms with E-state index in [0.29, 0.717) is 39.4 Å². The molecule has 4 amide bonds. The predicted molar refractivity (Wildman–Crippen MR) is 134 cm³/mol. The van der Waals surface area contributed by atoms with Gasteiger partial charge >= 0.3 is 6.03 Å². The van der Waals surface area contributed by atoms with Gasteiger partial charge in [-0.15, -0.1) is 23.1 Å². The minimum Gasteiger partial charge on any atom is -0.390 e. The van der Waals surface area contributed by atoms with Crippen LogP contribution < -0.4 is 21.3 Å². The number of carbonyl (C=O) groups excluding carboxylic acids is 3. The summed E-state index contributed by atoms with van der Waals surface area (Å²) < 4.78 is 1.69. The monoisotopic (exact) mass is 524 g/mol. The number of fused-ring (bicyclic) bond motifs is 1. The van der Waals surface area contributed by atoms with Crippen molar-refractivity contribution in [2.45, 2.75) is 37.2 Å². The second kappa shape index (κ2) is 9.04. The molecule has 184 valence electrons. The van der Waals surface area contributed by atoms with E-state index >= 15 is 0 Å². The molecule has 1 aliphatic carbocycles. The maximum absolute atomic E-state index is 12.8. The van der Waals surface area contributed by atoms with Gasteiger partial charge in [0.15, 0.2) is 10.8 Å². The number of aromatic nitrogens is 4. The Balaban J connectivity index is 1.27. The number of rotatable bonds is 7. The lowest BCUT2D eigenvalue weighted by atomic mass is 10.2. The molecule has 0 aromatic carbocycles. The average molecular weight is 525 g/mol.